The molecule has 0 aliphatic carbocycles. The molecule has 2 N–H and O–H groups in total. The minimum Gasteiger partial charge on any atom is -0.434 e. The number of hydrogen-bond acceptors (Lipinski definition) is 4. The third kappa shape index (κ3) is 5.45. The van der Waals surface area contributed by atoms with Gasteiger partial charge in [-0.15, -0.1) is 11.3 Å². The number of halogens is 2. The van der Waals surface area contributed by atoms with Crippen molar-refractivity contribution >= 4 is 17.3 Å². The van der Waals surface area contributed by atoms with E-state index in [4.69, 9.17) is 0 Å². The number of rotatable bonds is 6. The zero-order valence-corrected chi connectivity index (χ0v) is 14.6. The Morgan fingerprint density at radius 1 is 1.29 bits per heavy atom. The van der Waals surface area contributed by atoms with Gasteiger partial charge in [0.15, 0.2) is 5.96 Å². The van der Waals surface area contributed by atoms with Crippen molar-refractivity contribution in [3.63, 3.8) is 0 Å². The van der Waals surface area contributed by atoms with E-state index in [0.29, 0.717) is 24.6 Å². The quantitative estimate of drug-likeness (QED) is 0.618. The van der Waals surface area contributed by atoms with Crippen LogP contribution in [0.15, 0.2) is 29.4 Å². The second kappa shape index (κ2) is 8.58. The van der Waals surface area contributed by atoms with Crippen molar-refractivity contribution in [3.8, 4) is 5.75 Å². The van der Waals surface area contributed by atoms with E-state index in [1.807, 2.05) is 26.1 Å². The molecule has 1 aromatic heterocycles. The fourth-order valence-electron chi connectivity index (χ4n) is 2.10. The topological polar surface area (TPSA) is 58.5 Å². The summed E-state index contributed by atoms with van der Waals surface area (Å²) in [5.41, 5.74) is 1.61. The molecule has 0 bridgehead atoms. The summed E-state index contributed by atoms with van der Waals surface area (Å²) < 4.78 is 29.5. The van der Waals surface area contributed by atoms with Crippen LogP contribution in [0.3, 0.4) is 0 Å². The first-order valence-electron chi connectivity index (χ1n) is 7.38. The van der Waals surface area contributed by atoms with E-state index in [1.165, 1.54) is 0 Å². The molecule has 0 saturated carbocycles. The first-order chi connectivity index (χ1) is 11.5. The molecule has 8 heteroatoms. The van der Waals surface area contributed by atoms with Crippen LogP contribution in [0, 0.1) is 13.8 Å². The standard InChI is InChI=1S/C16H20F2N4OS/c1-10-4-5-13(23-15(17)18)12(6-10)8-21-16(19-3)22-9-14-20-7-11(2)24-14/h4-7,15H,8-9H2,1-3H3,(H2,19,21,22). The molecule has 0 aliphatic heterocycles. The van der Waals surface area contributed by atoms with E-state index in [-0.39, 0.29) is 5.75 Å². The average molecular weight is 354 g/mol. The van der Waals surface area contributed by atoms with Crippen molar-refractivity contribution in [1.29, 1.82) is 0 Å². The SMILES string of the molecule is CN=C(NCc1ncc(C)s1)NCc1cc(C)ccc1OC(F)F. The Morgan fingerprint density at radius 3 is 2.67 bits per heavy atom. The third-order valence-corrected chi connectivity index (χ3v) is 4.09. The molecule has 24 heavy (non-hydrogen) atoms. The fraction of sp³-hybridized carbons (Fsp3) is 0.375. The van der Waals surface area contributed by atoms with Gasteiger partial charge in [-0.3, -0.25) is 4.99 Å². The van der Waals surface area contributed by atoms with Crippen LogP contribution in [0.1, 0.15) is 21.0 Å². The van der Waals surface area contributed by atoms with Gasteiger partial charge in [-0.05, 0) is 19.9 Å². The summed E-state index contributed by atoms with van der Waals surface area (Å²) in [6, 6.07) is 5.09. The van der Waals surface area contributed by atoms with Crippen molar-refractivity contribution in [2.24, 2.45) is 4.99 Å². The minimum atomic E-state index is -2.85. The molecule has 0 atom stereocenters. The van der Waals surface area contributed by atoms with Crippen LogP contribution in [0.5, 0.6) is 5.75 Å². The van der Waals surface area contributed by atoms with Gasteiger partial charge in [0, 0.05) is 30.2 Å². The van der Waals surface area contributed by atoms with Crippen LogP contribution in [-0.2, 0) is 13.1 Å². The van der Waals surface area contributed by atoms with E-state index in [1.54, 1.807) is 30.5 Å². The van der Waals surface area contributed by atoms with E-state index in [0.717, 1.165) is 15.4 Å². The van der Waals surface area contributed by atoms with Crippen LogP contribution in [0.4, 0.5) is 8.78 Å². The van der Waals surface area contributed by atoms with Crippen LogP contribution >= 0.6 is 11.3 Å². The maximum Gasteiger partial charge on any atom is 0.387 e. The van der Waals surface area contributed by atoms with Gasteiger partial charge in [0.25, 0.3) is 0 Å². The van der Waals surface area contributed by atoms with Crippen LogP contribution in [0.25, 0.3) is 0 Å². The second-order valence-electron chi connectivity index (χ2n) is 5.13. The van der Waals surface area contributed by atoms with Crippen molar-refractivity contribution in [1.82, 2.24) is 15.6 Å². The van der Waals surface area contributed by atoms with Crippen LogP contribution in [0.2, 0.25) is 0 Å². The number of ether oxygens (including phenoxy) is 1. The van der Waals surface area contributed by atoms with E-state index in [2.05, 4.69) is 25.3 Å². The lowest BCUT2D eigenvalue weighted by Crippen LogP contribution is -2.36. The number of nitrogens with one attached hydrogen (secondary N) is 2. The minimum absolute atomic E-state index is 0.161. The summed E-state index contributed by atoms with van der Waals surface area (Å²) in [4.78, 5) is 9.53. The Hall–Kier alpha value is -2.22. The maximum absolute atomic E-state index is 12.5. The summed E-state index contributed by atoms with van der Waals surface area (Å²) >= 11 is 1.61. The number of aliphatic imine (C=N–C) groups is 1. The van der Waals surface area contributed by atoms with Gasteiger partial charge in [0.2, 0.25) is 0 Å². The summed E-state index contributed by atoms with van der Waals surface area (Å²) in [7, 11) is 1.65. The highest BCUT2D eigenvalue weighted by Crippen LogP contribution is 2.22. The Kier molecular flexibility index (Phi) is 6.48. The van der Waals surface area contributed by atoms with Crippen molar-refractivity contribution < 1.29 is 13.5 Å². The number of thiazole rings is 1. The van der Waals surface area contributed by atoms with Gasteiger partial charge in [0.1, 0.15) is 10.8 Å². The summed E-state index contributed by atoms with van der Waals surface area (Å²) in [6.45, 7) is 1.91. The van der Waals surface area contributed by atoms with E-state index in [9.17, 15) is 8.78 Å². The number of guanidine groups is 1. The third-order valence-electron chi connectivity index (χ3n) is 3.18. The van der Waals surface area contributed by atoms with Gasteiger partial charge in [-0.1, -0.05) is 17.7 Å². The van der Waals surface area contributed by atoms with Crippen molar-refractivity contribution in [3.05, 3.63) is 45.4 Å². The molecule has 0 amide bonds. The number of nitrogens with zero attached hydrogens (tertiary/aromatic N) is 2. The lowest BCUT2D eigenvalue weighted by atomic mass is 10.1. The molecule has 0 unspecified atom stereocenters. The molecule has 0 aliphatic rings. The molecule has 2 aromatic rings. The Labute approximate surface area is 143 Å². The fourth-order valence-corrected chi connectivity index (χ4v) is 2.83. The smallest absolute Gasteiger partial charge is 0.387 e. The molecule has 2 rings (SSSR count). The maximum atomic E-state index is 12.5. The normalized spacial score (nSPS) is 11.7. The molecule has 0 fully saturated rings. The highest BCUT2D eigenvalue weighted by Gasteiger charge is 2.10. The predicted molar refractivity (Wildman–Crippen MR) is 91.7 cm³/mol. The van der Waals surface area contributed by atoms with Gasteiger partial charge in [-0.25, -0.2) is 4.98 Å². The molecule has 5 nitrogen and oxygen atoms in total. The number of aromatic nitrogens is 1. The Morgan fingerprint density at radius 2 is 2.04 bits per heavy atom. The molecule has 1 heterocycles. The summed E-state index contributed by atoms with van der Waals surface area (Å²) in [5.74, 6) is 0.724. The summed E-state index contributed by atoms with van der Waals surface area (Å²) in [6.07, 6.45) is 1.82. The Bertz CT molecular complexity index is 703. The highest BCUT2D eigenvalue weighted by atomic mass is 32.1. The molecule has 0 radical (unpaired) electrons. The second-order valence-corrected chi connectivity index (χ2v) is 6.45. The van der Waals surface area contributed by atoms with Gasteiger partial charge in [0.05, 0.1) is 6.54 Å². The molecule has 0 spiro atoms. The first kappa shape index (κ1) is 18.1. The molecule has 1 aromatic carbocycles. The zero-order valence-electron chi connectivity index (χ0n) is 13.8. The van der Waals surface area contributed by atoms with E-state index < -0.39 is 6.61 Å². The van der Waals surface area contributed by atoms with Gasteiger partial charge < -0.3 is 15.4 Å². The number of aryl methyl sites for hydroxylation is 2. The highest BCUT2D eigenvalue weighted by molar-refractivity contribution is 7.11. The lowest BCUT2D eigenvalue weighted by Gasteiger charge is -2.14. The van der Waals surface area contributed by atoms with Gasteiger partial charge in [-0.2, -0.15) is 8.78 Å². The molecule has 130 valence electrons. The van der Waals surface area contributed by atoms with Gasteiger partial charge >= 0.3 is 6.61 Å². The number of hydrogen-bond donors (Lipinski definition) is 2. The van der Waals surface area contributed by atoms with Crippen LogP contribution < -0.4 is 15.4 Å². The Balaban J connectivity index is 1.96. The predicted octanol–water partition coefficient (Wildman–Crippen LogP) is 3.23. The largest absolute Gasteiger partial charge is 0.434 e. The monoisotopic (exact) mass is 354 g/mol. The first-order valence-corrected chi connectivity index (χ1v) is 8.19. The van der Waals surface area contributed by atoms with E-state index >= 15 is 0 Å². The summed E-state index contributed by atoms with van der Waals surface area (Å²) in [5, 5.41) is 7.19. The van der Waals surface area contributed by atoms with Crippen molar-refractivity contribution in [2.45, 2.75) is 33.5 Å². The van der Waals surface area contributed by atoms with Crippen LogP contribution in [-0.4, -0.2) is 24.6 Å². The molecular formula is C16H20F2N4OS. The molecular weight excluding hydrogens is 334 g/mol. The average Bonchev–Trinajstić information content (AvgIpc) is 2.95. The van der Waals surface area contributed by atoms with Crippen molar-refractivity contribution in [2.75, 3.05) is 7.05 Å². The number of alkyl halides is 2. The number of benzene rings is 1. The molecule has 0 saturated heterocycles. The zero-order chi connectivity index (χ0) is 17.5. The lowest BCUT2D eigenvalue weighted by molar-refractivity contribution is -0.0504.